The van der Waals surface area contributed by atoms with E-state index in [-0.39, 0.29) is 0 Å². The first-order valence-electron chi connectivity index (χ1n) is 9.42. The van der Waals surface area contributed by atoms with Gasteiger partial charge in [-0.15, -0.1) is 0 Å². The molecule has 2 saturated heterocycles. The first-order chi connectivity index (χ1) is 11.7. The van der Waals surface area contributed by atoms with E-state index in [1.165, 1.54) is 44.6 Å². The molecule has 2 aliphatic rings. The number of carboxylic acid groups (broad SMARTS) is 1. The molecule has 0 unspecified atom stereocenters. The van der Waals surface area contributed by atoms with Crippen molar-refractivity contribution < 1.29 is 19.4 Å². The molecule has 2 rings (SSSR count). The van der Waals surface area contributed by atoms with Crippen molar-refractivity contribution in [3.63, 3.8) is 0 Å². The first kappa shape index (κ1) is 19.8. The fourth-order valence-electron chi connectivity index (χ4n) is 3.74. The number of aliphatic carboxylic acids is 1. The number of unbranched alkanes of at least 4 members (excludes halogenated alkanes) is 3. The van der Waals surface area contributed by atoms with Gasteiger partial charge in [-0.3, -0.25) is 0 Å². The van der Waals surface area contributed by atoms with Crippen molar-refractivity contribution in [2.75, 3.05) is 24.7 Å². The smallest absolute Gasteiger partial charge is 0.327 e. The van der Waals surface area contributed by atoms with Crippen molar-refractivity contribution in [2.24, 2.45) is 11.8 Å². The Kier molecular flexibility index (Phi) is 9.21. The van der Waals surface area contributed by atoms with Crippen molar-refractivity contribution in [3.8, 4) is 0 Å². The number of ether oxygens (including phenoxy) is 2. The number of hydrogen-bond acceptors (Lipinski definition) is 4. The van der Waals surface area contributed by atoms with E-state index in [0.29, 0.717) is 24.0 Å². The number of thioether (sulfide) groups is 1. The molecule has 0 aromatic carbocycles. The van der Waals surface area contributed by atoms with Crippen LogP contribution in [0.25, 0.3) is 0 Å². The van der Waals surface area contributed by atoms with Gasteiger partial charge in [0.25, 0.3) is 0 Å². The van der Waals surface area contributed by atoms with Gasteiger partial charge in [0.1, 0.15) is 0 Å². The summed E-state index contributed by atoms with van der Waals surface area (Å²) in [6.45, 7) is 3.96. The molecule has 5 heteroatoms. The van der Waals surface area contributed by atoms with Gasteiger partial charge in [0.05, 0.1) is 18.8 Å². The molecule has 2 bridgehead atoms. The van der Waals surface area contributed by atoms with E-state index in [4.69, 9.17) is 14.6 Å². The lowest BCUT2D eigenvalue weighted by Gasteiger charge is -2.27. The minimum Gasteiger partial charge on any atom is -0.478 e. The van der Waals surface area contributed by atoms with Crippen LogP contribution in [0.2, 0.25) is 0 Å². The van der Waals surface area contributed by atoms with E-state index in [1.807, 2.05) is 11.8 Å². The topological polar surface area (TPSA) is 55.8 Å². The van der Waals surface area contributed by atoms with E-state index in [2.05, 4.69) is 6.92 Å². The third kappa shape index (κ3) is 6.41. The van der Waals surface area contributed by atoms with Gasteiger partial charge in [0.2, 0.25) is 0 Å². The van der Waals surface area contributed by atoms with Crippen molar-refractivity contribution >= 4 is 17.7 Å². The van der Waals surface area contributed by atoms with E-state index in [1.54, 1.807) is 6.08 Å². The predicted octanol–water partition coefficient (Wildman–Crippen LogP) is 4.14. The minimum absolute atomic E-state index is 0.406. The largest absolute Gasteiger partial charge is 0.478 e. The third-order valence-electron chi connectivity index (χ3n) is 5.04. The Morgan fingerprint density at radius 3 is 2.79 bits per heavy atom. The maximum atomic E-state index is 10.4. The molecule has 24 heavy (non-hydrogen) atoms. The zero-order valence-corrected chi connectivity index (χ0v) is 15.6. The van der Waals surface area contributed by atoms with Crippen LogP contribution in [-0.2, 0) is 14.3 Å². The van der Waals surface area contributed by atoms with Crippen LogP contribution in [0.3, 0.4) is 0 Å². The van der Waals surface area contributed by atoms with Crippen LogP contribution in [-0.4, -0.2) is 48.0 Å². The standard InChI is InChI=1S/C19H32O4S/c1-2-3-4-6-11-22-13-15-16(18-10-9-17(15)23-18)14-24-12-7-5-8-19(20)21/h5,8,15-18H,2-4,6-7,9-14H2,1H3,(H,20,21)/b8-5+/t15-,16+,17-,18+/m1/s1. The molecule has 2 fully saturated rings. The quantitative estimate of drug-likeness (QED) is 0.397. The molecule has 0 aromatic rings. The van der Waals surface area contributed by atoms with Gasteiger partial charge in [-0.25, -0.2) is 4.79 Å². The van der Waals surface area contributed by atoms with Crippen LogP contribution in [0.4, 0.5) is 0 Å². The molecular formula is C19H32O4S. The number of hydrogen-bond donors (Lipinski definition) is 1. The van der Waals surface area contributed by atoms with E-state index in [9.17, 15) is 4.79 Å². The highest BCUT2D eigenvalue weighted by molar-refractivity contribution is 7.99. The molecule has 2 aliphatic heterocycles. The zero-order valence-electron chi connectivity index (χ0n) is 14.8. The highest BCUT2D eigenvalue weighted by Crippen LogP contribution is 2.44. The third-order valence-corrected chi connectivity index (χ3v) is 6.19. The molecule has 0 saturated carbocycles. The summed E-state index contributed by atoms with van der Waals surface area (Å²) in [6, 6.07) is 0. The second-order valence-electron chi connectivity index (χ2n) is 6.86. The van der Waals surface area contributed by atoms with E-state index < -0.39 is 5.97 Å². The Morgan fingerprint density at radius 1 is 1.25 bits per heavy atom. The molecule has 138 valence electrons. The molecule has 1 N–H and O–H groups in total. The first-order valence-corrected chi connectivity index (χ1v) is 10.6. The van der Waals surface area contributed by atoms with Gasteiger partial charge in [0.15, 0.2) is 0 Å². The predicted molar refractivity (Wildman–Crippen MR) is 98.6 cm³/mol. The van der Waals surface area contributed by atoms with Crippen LogP contribution in [0.5, 0.6) is 0 Å². The normalized spacial score (nSPS) is 28.9. The molecule has 0 aromatic heterocycles. The highest BCUT2D eigenvalue weighted by Gasteiger charge is 2.48. The maximum Gasteiger partial charge on any atom is 0.327 e. The molecule has 0 aliphatic carbocycles. The second kappa shape index (κ2) is 11.2. The molecular weight excluding hydrogens is 324 g/mol. The fraction of sp³-hybridized carbons (Fsp3) is 0.842. The molecule has 0 radical (unpaired) electrons. The molecule has 2 heterocycles. The number of carboxylic acids is 1. The van der Waals surface area contributed by atoms with Crippen LogP contribution in [0, 0.1) is 11.8 Å². The monoisotopic (exact) mass is 356 g/mol. The van der Waals surface area contributed by atoms with Crippen molar-refractivity contribution in [3.05, 3.63) is 12.2 Å². The molecule has 4 nitrogen and oxygen atoms in total. The lowest BCUT2D eigenvalue weighted by Crippen LogP contribution is -2.32. The van der Waals surface area contributed by atoms with Crippen molar-refractivity contribution in [1.82, 2.24) is 0 Å². The Labute approximate surface area is 150 Å². The summed E-state index contributed by atoms with van der Waals surface area (Å²) >= 11 is 1.92. The Bertz CT molecular complexity index is 399. The summed E-state index contributed by atoms with van der Waals surface area (Å²) in [6.07, 6.45) is 12.0. The van der Waals surface area contributed by atoms with Gasteiger partial charge < -0.3 is 14.6 Å². The Balaban J connectivity index is 1.63. The molecule has 4 atom stereocenters. The lowest BCUT2D eigenvalue weighted by atomic mass is 9.81. The van der Waals surface area contributed by atoms with E-state index in [0.717, 1.165) is 31.1 Å². The van der Waals surface area contributed by atoms with Crippen molar-refractivity contribution in [1.29, 1.82) is 0 Å². The lowest BCUT2D eigenvalue weighted by molar-refractivity contribution is -0.131. The SMILES string of the molecule is CCCCCCOC[C@@H]1[C@H](CSCC/C=C/C(=O)O)[C@@H]2CC[C@H]1O2. The van der Waals surface area contributed by atoms with Gasteiger partial charge in [-0.05, 0) is 37.2 Å². The molecule has 0 spiro atoms. The maximum absolute atomic E-state index is 10.4. The van der Waals surface area contributed by atoms with Crippen molar-refractivity contribution in [2.45, 2.75) is 64.1 Å². The average Bonchev–Trinajstić information content (AvgIpc) is 3.15. The Hall–Kier alpha value is -0.520. The summed E-state index contributed by atoms with van der Waals surface area (Å²) in [4.78, 5) is 10.4. The number of allylic oxidation sites excluding steroid dienone is 1. The number of carbonyl (C=O) groups is 1. The number of fused-ring (bicyclic) bond motifs is 2. The van der Waals surface area contributed by atoms with Crippen LogP contribution >= 0.6 is 11.8 Å². The van der Waals surface area contributed by atoms with Crippen LogP contribution < -0.4 is 0 Å². The summed E-state index contributed by atoms with van der Waals surface area (Å²) in [5.74, 6) is 2.37. The van der Waals surface area contributed by atoms with Gasteiger partial charge in [-0.1, -0.05) is 32.3 Å². The summed E-state index contributed by atoms with van der Waals surface area (Å²) in [5, 5.41) is 8.58. The van der Waals surface area contributed by atoms with Gasteiger partial charge in [-0.2, -0.15) is 11.8 Å². The van der Waals surface area contributed by atoms with Gasteiger partial charge in [0, 0.05) is 24.5 Å². The average molecular weight is 357 g/mol. The van der Waals surface area contributed by atoms with E-state index >= 15 is 0 Å². The fourth-order valence-corrected chi connectivity index (χ4v) is 4.94. The summed E-state index contributed by atoms with van der Waals surface area (Å²) in [7, 11) is 0. The highest BCUT2D eigenvalue weighted by atomic mass is 32.2. The second-order valence-corrected chi connectivity index (χ2v) is 8.01. The zero-order chi connectivity index (χ0) is 17.2. The van der Waals surface area contributed by atoms with Crippen LogP contribution in [0.1, 0.15) is 51.9 Å². The summed E-state index contributed by atoms with van der Waals surface area (Å²) in [5.41, 5.74) is 0. The number of rotatable bonds is 13. The van der Waals surface area contributed by atoms with Gasteiger partial charge >= 0.3 is 5.97 Å². The minimum atomic E-state index is -0.863. The summed E-state index contributed by atoms with van der Waals surface area (Å²) < 4.78 is 12.1. The Morgan fingerprint density at radius 2 is 2.04 bits per heavy atom. The van der Waals surface area contributed by atoms with Crippen LogP contribution in [0.15, 0.2) is 12.2 Å². The molecule has 0 amide bonds.